The highest BCUT2D eigenvalue weighted by Crippen LogP contribution is 2.43. The van der Waals surface area contributed by atoms with E-state index in [1.807, 2.05) is 21.6 Å². The summed E-state index contributed by atoms with van der Waals surface area (Å²) in [7, 11) is 0. The van der Waals surface area contributed by atoms with Crippen molar-refractivity contribution in [3.8, 4) is 23.0 Å². The van der Waals surface area contributed by atoms with Crippen molar-refractivity contribution in [2.45, 2.75) is 55.7 Å². The Bertz CT molecular complexity index is 1290. The number of halogens is 1. The van der Waals surface area contributed by atoms with Gasteiger partial charge in [-0.05, 0) is 71.9 Å². The van der Waals surface area contributed by atoms with Gasteiger partial charge in [0.25, 0.3) is 0 Å². The lowest BCUT2D eigenvalue weighted by Crippen LogP contribution is -2.49. The van der Waals surface area contributed by atoms with Crippen LogP contribution in [-0.4, -0.2) is 62.2 Å². The summed E-state index contributed by atoms with van der Waals surface area (Å²) in [5.41, 5.74) is 6.70. The minimum Gasteiger partial charge on any atom is -0.454 e. The molecule has 0 bridgehead atoms. The molecule has 5 rings (SSSR count). The number of carbonyl (C=O) groups excluding carboxylic acids is 2. The van der Waals surface area contributed by atoms with Crippen LogP contribution in [-0.2, 0) is 16.1 Å². The number of fused-ring (bicyclic) bond motifs is 2. The quantitative estimate of drug-likeness (QED) is 0.425. The molecule has 0 spiro atoms. The van der Waals surface area contributed by atoms with Gasteiger partial charge in [0.2, 0.25) is 18.6 Å². The van der Waals surface area contributed by atoms with Crippen LogP contribution < -0.4 is 20.5 Å². The Morgan fingerprint density at radius 2 is 1.97 bits per heavy atom. The van der Waals surface area contributed by atoms with Crippen LogP contribution in [0.5, 0.6) is 11.5 Å². The van der Waals surface area contributed by atoms with Gasteiger partial charge in [-0.1, -0.05) is 0 Å². The minimum atomic E-state index is -0.500. The molecule has 0 saturated carbocycles. The predicted octanol–water partition coefficient (Wildman–Crippen LogP) is 3.16. The SMILES string of the molecule is CC(=O)N[C@@H](C)C(=O)N1CCC(CCn2cnc(N)c3nc(Sc4cc5c(cc4Br)OCO5)nc2-3)CC1. The highest BCUT2D eigenvalue weighted by atomic mass is 79.9. The summed E-state index contributed by atoms with van der Waals surface area (Å²) in [6.45, 7) is 5.46. The maximum absolute atomic E-state index is 12.6. The second kappa shape index (κ2) is 10.7. The molecule has 0 aromatic heterocycles. The Kier molecular flexibility index (Phi) is 7.43. The van der Waals surface area contributed by atoms with Crippen LogP contribution in [0.3, 0.4) is 0 Å². The Morgan fingerprint density at radius 1 is 1.24 bits per heavy atom. The number of nitrogen functional groups attached to an aromatic ring is 1. The monoisotopic (exact) mass is 589 g/mol. The van der Waals surface area contributed by atoms with E-state index in [-0.39, 0.29) is 18.6 Å². The number of ether oxygens (including phenoxy) is 2. The third kappa shape index (κ3) is 5.61. The van der Waals surface area contributed by atoms with Crippen LogP contribution in [0.25, 0.3) is 11.5 Å². The van der Waals surface area contributed by atoms with E-state index in [1.54, 1.807) is 13.3 Å². The molecule has 2 amide bonds. The van der Waals surface area contributed by atoms with Crippen LogP contribution >= 0.6 is 27.7 Å². The number of aryl methyl sites for hydroxylation is 1. The molecule has 13 heteroatoms. The summed E-state index contributed by atoms with van der Waals surface area (Å²) in [5, 5.41) is 3.24. The molecule has 4 aliphatic rings. The average Bonchev–Trinajstić information content (AvgIpc) is 3.50. The second-order valence-corrected chi connectivity index (χ2v) is 11.1. The van der Waals surface area contributed by atoms with Gasteiger partial charge < -0.3 is 30.0 Å². The lowest BCUT2D eigenvalue weighted by molar-refractivity contribution is -0.136. The van der Waals surface area contributed by atoms with Crippen LogP contribution in [0.2, 0.25) is 0 Å². The minimum absolute atomic E-state index is 0.0290. The molecule has 1 aromatic carbocycles. The average molecular weight is 591 g/mol. The number of likely N-dealkylation sites (tertiary alicyclic amines) is 1. The predicted molar refractivity (Wildman–Crippen MR) is 140 cm³/mol. The van der Waals surface area contributed by atoms with Crippen molar-refractivity contribution in [2.75, 3.05) is 25.6 Å². The molecule has 4 heterocycles. The zero-order valence-corrected chi connectivity index (χ0v) is 23.0. The molecule has 1 atom stereocenters. The van der Waals surface area contributed by atoms with Crippen molar-refractivity contribution in [2.24, 2.45) is 5.92 Å². The molecule has 1 saturated heterocycles. The number of hydrogen-bond donors (Lipinski definition) is 2. The van der Waals surface area contributed by atoms with Gasteiger partial charge in [0.1, 0.15) is 6.04 Å². The molecule has 3 N–H and O–H groups in total. The molecule has 0 unspecified atom stereocenters. The number of nitrogens with zero attached hydrogens (tertiary/aromatic N) is 5. The maximum atomic E-state index is 12.6. The molecule has 1 fully saturated rings. The first kappa shape index (κ1) is 25.6. The molecule has 1 aromatic rings. The van der Waals surface area contributed by atoms with Crippen molar-refractivity contribution >= 4 is 45.3 Å². The lowest BCUT2D eigenvalue weighted by atomic mass is 9.93. The number of amides is 2. The van der Waals surface area contributed by atoms with Crippen molar-refractivity contribution in [1.82, 2.24) is 29.7 Å². The number of hydrogen-bond acceptors (Lipinski definition) is 9. The summed E-state index contributed by atoms with van der Waals surface area (Å²) in [6.07, 6.45) is 4.47. The first-order valence-corrected chi connectivity index (χ1v) is 13.7. The summed E-state index contributed by atoms with van der Waals surface area (Å²) >= 11 is 5.00. The number of nitrogens with one attached hydrogen (secondary N) is 1. The number of nitrogens with two attached hydrogens (primary N) is 1. The number of benzene rings is 1. The fourth-order valence-electron chi connectivity index (χ4n) is 4.62. The Labute approximate surface area is 227 Å². The van der Waals surface area contributed by atoms with Crippen LogP contribution in [0.15, 0.2) is 33.0 Å². The molecule has 37 heavy (non-hydrogen) atoms. The molecular formula is C24H28BrN7O4S. The van der Waals surface area contributed by atoms with Gasteiger partial charge in [-0.2, -0.15) is 0 Å². The zero-order valence-electron chi connectivity index (χ0n) is 20.6. The number of rotatable bonds is 7. The van der Waals surface area contributed by atoms with Gasteiger partial charge in [0.05, 0.1) is 6.33 Å². The Hall–Kier alpha value is -3.06. The van der Waals surface area contributed by atoms with E-state index in [4.69, 9.17) is 20.2 Å². The fraction of sp³-hybridized carbons (Fsp3) is 0.458. The van der Waals surface area contributed by atoms with Gasteiger partial charge in [-0.3, -0.25) is 9.59 Å². The van der Waals surface area contributed by atoms with Gasteiger partial charge in [0.15, 0.2) is 34.0 Å². The maximum Gasteiger partial charge on any atom is 0.244 e. The van der Waals surface area contributed by atoms with E-state index in [0.717, 1.165) is 35.2 Å². The number of imidazole rings is 1. The number of aromatic nitrogens is 4. The van der Waals surface area contributed by atoms with E-state index in [1.165, 1.54) is 18.7 Å². The topological polar surface area (TPSA) is 137 Å². The third-order valence-corrected chi connectivity index (χ3v) is 8.44. The number of piperidine rings is 1. The standard InChI is InChI=1S/C24H28BrN7O4S/c1-13(28-14(2)33)23(34)31-6-3-15(4-7-31)5-8-32-11-27-21(26)20-22(32)30-24(29-20)37-19-10-18-17(9-16(19)25)35-12-36-18/h9-11,13,15H,3-8,12,26H2,1-2H3,(H,28,33)/t13-/m0/s1. The van der Waals surface area contributed by atoms with Crippen LogP contribution in [0.4, 0.5) is 5.82 Å². The van der Waals surface area contributed by atoms with E-state index in [2.05, 4.69) is 31.2 Å². The summed E-state index contributed by atoms with van der Waals surface area (Å²) in [4.78, 5) is 40.3. The van der Waals surface area contributed by atoms with Gasteiger partial charge in [0, 0.05) is 35.9 Å². The molecule has 0 radical (unpaired) electrons. The van der Waals surface area contributed by atoms with E-state index < -0.39 is 6.04 Å². The summed E-state index contributed by atoms with van der Waals surface area (Å²) < 4.78 is 13.8. The first-order chi connectivity index (χ1) is 17.8. The highest BCUT2D eigenvalue weighted by molar-refractivity contribution is 9.10. The first-order valence-electron chi connectivity index (χ1n) is 12.1. The molecule has 11 nitrogen and oxygen atoms in total. The number of carbonyl (C=O) groups is 2. The van der Waals surface area contributed by atoms with E-state index in [0.29, 0.717) is 53.0 Å². The molecule has 0 aliphatic carbocycles. The Morgan fingerprint density at radius 3 is 2.70 bits per heavy atom. The zero-order chi connectivity index (χ0) is 26.1. The van der Waals surface area contributed by atoms with E-state index >= 15 is 0 Å². The largest absolute Gasteiger partial charge is 0.454 e. The smallest absolute Gasteiger partial charge is 0.244 e. The fourth-order valence-corrected chi connectivity index (χ4v) is 5.98. The number of anilines is 1. The van der Waals surface area contributed by atoms with Crippen molar-refractivity contribution in [3.05, 3.63) is 22.9 Å². The van der Waals surface area contributed by atoms with Gasteiger partial charge in [-0.25, -0.2) is 15.0 Å². The van der Waals surface area contributed by atoms with Crippen LogP contribution in [0, 0.1) is 5.92 Å². The van der Waals surface area contributed by atoms with Crippen LogP contribution in [0.1, 0.15) is 33.1 Å². The molecule has 196 valence electrons. The summed E-state index contributed by atoms with van der Waals surface area (Å²) in [5.74, 6) is 2.68. The molecule has 4 aliphatic heterocycles. The second-order valence-electron chi connectivity index (χ2n) is 9.22. The van der Waals surface area contributed by atoms with Crippen molar-refractivity contribution < 1.29 is 19.1 Å². The summed E-state index contributed by atoms with van der Waals surface area (Å²) in [6, 6.07) is 3.28. The highest BCUT2D eigenvalue weighted by Gasteiger charge is 2.27. The third-order valence-electron chi connectivity index (χ3n) is 6.59. The lowest BCUT2D eigenvalue weighted by Gasteiger charge is -2.33. The Balaban J connectivity index is 1.22. The molecular weight excluding hydrogens is 562 g/mol. The van der Waals surface area contributed by atoms with Gasteiger partial charge in [-0.15, -0.1) is 0 Å². The normalized spacial score (nSPS) is 16.2. The van der Waals surface area contributed by atoms with E-state index in [9.17, 15) is 9.59 Å². The van der Waals surface area contributed by atoms with Crippen molar-refractivity contribution in [3.63, 3.8) is 0 Å². The van der Waals surface area contributed by atoms with Crippen molar-refractivity contribution in [1.29, 1.82) is 0 Å². The van der Waals surface area contributed by atoms with Gasteiger partial charge >= 0.3 is 0 Å².